The monoisotopic (exact) mass is 209 g/mol. The van der Waals surface area contributed by atoms with Crippen molar-refractivity contribution in [3.05, 3.63) is 0 Å². The standard InChI is InChI=1S/C14H27N/c1-5-12-8-11-6-7-13(12)10-15(9-11)14(2,3)4/h11-13H,5-10H2,1-4H3. The van der Waals surface area contributed by atoms with E-state index in [2.05, 4.69) is 32.6 Å². The minimum Gasteiger partial charge on any atom is -0.298 e. The Morgan fingerprint density at radius 3 is 2.47 bits per heavy atom. The molecule has 88 valence electrons. The van der Waals surface area contributed by atoms with Gasteiger partial charge in [-0.1, -0.05) is 13.3 Å². The lowest BCUT2D eigenvalue weighted by Crippen LogP contribution is -2.44. The van der Waals surface area contributed by atoms with Crippen LogP contribution in [0.2, 0.25) is 0 Å². The highest BCUT2D eigenvalue weighted by Crippen LogP contribution is 2.41. The first-order valence-electron chi connectivity index (χ1n) is 6.75. The minimum absolute atomic E-state index is 0.378. The third kappa shape index (κ3) is 2.38. The summed E-state index contributed by atoms with van der Waals surface area (Å²) in [7, 11) is 0. The Labute approximate surface area is 95.2 Å². The lowest BCUT2D eigenvalue weighted by atomic mass is 9.74. The summed E-state index contributed by atoms with van der Waals surface area (Å²) in [5.74, 6) is 3.01. The van der Waals surface area contributed by atoms with Crippen molar-refractivity contribution in [2.45, 2.75) is 58.9 Å². The Balaban J connectivity index is 2.10. The Hall–Kier alpha value is -0.0400. The van der Waals surface area contributed by atoms with Crippen LogP contribution in [0, 0.1) is 17.8 Å². The zero-order valence-electron chi connectivity index (χ0n) is 10.9. The van der Waals surface area contributed by atoms with E-state index in [1.807, 2.05) is 0 Å². The molecule has 1 saturated carbocycles. The van der Waals surface area contributed by atoms with Crippen LogP contribution < -0.4 is 0 Å². The summed E-state index contributed by atoms with van der Waals surface area (Å²) in [6.45, 7) is 12.2. The van der Waals surface area contributed by atoms with E-state index in [0.29, 0.717) is 5.54 Å². The fraction of sp³-hybridized carbons (Fsp3) is 1.00. The molecule has 2 heterocycles. The van der Waals surface area contributed by atoms with E-state index in [1.54, 1.807) is 0 Å². The van der Waals surface area contributed by atoms with E-state index in [4.69, 9.17) is 0 Å². The van der Waals surface area contributed by atoms with Crippen LogP contribution in [-0.2, 0) is 0 Å². The molecule has 0 radical (unpaired) electrons. The Morgan fingerprint density at radius 1 is 1.13 bits per heavy atom. The number of nitrogens with zero attached hydrogens (tertiary/aromatic N) is 1. The van der Waals surface area contributed by atoms with Gasteiger partial charge in [0, 0.05) is 18.6 Å². The lowest BCUT2D eigenvalue weighted by molar-refractivity contribution is 0.119. The molecule has 15 heavy (non-hydrogen) atoms. The summed E-state index contributed by atoms with van der Waals surface area (Å²) in [5, 5.41) is 0. The number of fused-ring (bicyclic) bond motifs is 4. The maximum absolute atomic E-state index is 2.74. The van der Waals surface area contributed by atoms with Gasteiger partial charge < -0.3 is 0 Å². The number of rotatable bonds is 1. The number of hydrogen-bond donors (Lipinski definition) is 0. The second-order valence-electron chi connectivity index (χ2n) is 6.68. The molecule has 3 aliphatic rings. The van der Waals surface area contributed by atoms with Crippen molar-refractivity contribution in [3.63, 3.8) is 0 Å². The van der Waals surface area contributed by atoms with Crippen LogP contribution in [0.5, 0.6) is 0 Å². The van der Waals surface area contributed by atoms with Gasteiger partial charge in [0.2, 0.25) is 0 Å². The van der Waals surface area contributed by atoms with Gasteiger partial charge in [0.1, 0.15) is 0 Å². The van der Waals surface area contributed by atoms with Gasteiger partial charge in [0.05, 0.1) is 0 Å². The molecule has 0 aromatic heterocycles. The highest BCUT2D eigenvalue weighted by Gasteiger charge is 2.38. The van der Waals surface area contributed by atoms with Crippen LogP contribution in [-0.4, -0.2) is 23.5 Å². The molecule has 2 aliphatic heterocycles. The van der Waals surface area contributed by atoms with Crippen molar-refractivity contribution in [1.29, 1.82) is 0 Å². The van der Waals surface area contributed by atoms with Crippen molar-refractivity contribution in [2.75, 3.05) is 13.1 Å². The van der Waals surface area contributed by atoms with Crippen LogP contribution in [0.15, 0.2) is 0 Å². The molecule has 2 bridgehead atoms. The molecule has 1 heteroatoms. The van der Waals surface area contributed by atoms with Gasteiger partial charge in [0.25, 0.3) is 0 Å². The topological polar surface area (TPSA) is 3.24 Å². The first-order chi connectivity index (χ1) is 7.00. The van der Waals surface area contributed by atoms with Crippen LogP contribution >= 0.6 is 0 Å². The van der Waals surface area contributed by atoms with Crippen LogP contribution in [0.1, 0.15) is 53.4 Å². The van der Waals surface area contributed by atoms with E-state index in [-0.39, 0.29) is 0 Å². The van der Waals surface area contributed by atoms with Gasteiger partial charge in [-0.2, -0.15) is 0 Å². The summed E-state index contributed by atoms with van der Waals surface area (Å²) >= 11 is 0. The lowest BCUT2D eigenvalue weighted by Gasteiger charge is -2.36. The second-order valence-corrected chi connectivity index (χ2v) is 6.68. The molecule has 1 aliphatic carbocycles. The van der Waals surface area contributed by atoms with Gasteiger partial charge in [0.15, 0.2) is 0 Å². The SMILES string of the molecule is CCC1CC2CCC1CN(C(C)(C)C)C2. The predicted octanol–water partition coefficient (Wildman–Crippen LogP) is 3.54. The highest BCUT2D eigenvalue weighted by atomic mass is 15.2. The van der Waals surface area contributed by atoms with E-state index in [9.17, 15) is 0 Å². The average Bonchev–Trinajstić information content (AvgIpc) is 2.47. The van der Waals surface area contributed by atoms with Gasteiger partial charge in [-0.15, -0.1) is 0 Å². The zero-order chi connectivity index (χ0) is 11.1. The summed E-state index contributed by atoms with van der Waals surface area (Å²) in [6.07, 6.45) is 5.90. The first kappa shape index (κ1) is 11.4. The van der Waals surface area contributed by atoms with Gasteiger partial charge in [-0.25, -0.2) is 0 Å². The molecule has 3 fully saturated rings. The van der Waals surface area contributed by atoms with E-state index in [1.165, 1.54) is 38.8 Å². The Bertz CT molecular complexity index is 216. The molecule has 1 nitrogen and oxygen atoms in total. The van der Waals surface area contributed by atoms with Gasteiger partial charge in [-0.3, -0.25) is 4.90 Å². The van der Waals surface area contributed by atoms with Crippen molar-refractivity contribution in [2.24, 2.45) is 17.8 Å². The molecule has 0 N–H and O–H groups in total. The molecule has 0 aromatic rings. The summed E-state index contributed by atoms with van der Waals surface area (Å²) in [5.41, 5.74) is 0.378. The van der Waals surface area contributed by atoms with E-state index < -0.39 is 0 Å². The van der Waals surface area contributed by atoms with Gasteiger partial charge in [-0.05, 0) is 57.8 Å². The Kier molecular flexibility index (Phi) is 3.12. The van der Waals surface area contributed by atoms with E-state index in [0.717, 1.165) is 17.8 Å². The van der Waals surface area contributed by atoms with Crippen molar-refractivity contribution >= 4 is 0 Å². The molecule has 0 aromatic carbocycles. The minimum atomic E-state index is 0.378. The molecular weight excluding hydrogens is 182 g/mol. The van der Waals surface area contributed by atoms with Crippen LogP contribution in [0.25, 0.3) is 0 Å². The summed E-state index contributed by atoms with van der Waals surface area (Å²) in [6, 6.07) is 0. The molecule has 0 spiro atoms. The Morgan fingerprint density at radius 2 is 1.87 bits per heavy atom. The normalized spacial score (nSPS) is 38.0. The first-order valence-corrected chi connectivity index (χ1v) is 6.75. The third-order valence-electron chi connectivity index (χ3n) is 4.65. The van der Waals surface area contributed by atoms with E-state index >= 15 is 0 Å². The average molecular weight is 209 g/mol. The molecule has 3 rings (SSSR count). The van der Waals surface area contributed by atoms with Crippen molar-refractivity contribution < 1.29 is 0 Å². The largest absolute Gasteiger partial charge is 0.298 e. The van der Waals surface area contributed by atoms with Gasteiger partial charge >= 0.3 is 0 Å². The van der Waals surface area contributed by atoms with Crippen molar-refractivity contribution in [1.82, 2.24) is 4.90 Å². The van der Waals surface area contributed by atoms with Crippen molar-refractivity contribution in [3.8, 4) is 0 Å². The van der Waals surface area contributed by atoms with Crippen LogP contribution in [0.3, 0.4) is 0 Å². The smallest absolute Gasteiger partial charge is 0.0125 e. The summed E-state index contributed by atoms with van der Waals surface area (Å²) < 4.78 is 0. The quantitative estimate of drug-likeness (QED) is 0.638. The molecule has 0 amide bonds. The maximum Gasteiger partial charge on any atom is 0.0125 e. The third-order valence-corrected chi connectivity index (χ3v) is 4.65. The number of hydrogen-bond acceptors (Lipinski definition) is 1. The maximum atomic E-state index is 2.74. The highest BCUT2D eigenvalue weighted by molar-refractivity contribution is 4.91. The fourth-order valence-electron chi connectivity index (χ4n) is 3.55. The summed E-state index contributed by atoms with van der Waals surface area (Å²) in [4.78, 5) is 2.74. The molecular formula is C14H27N. The van der Waals surface area contributed by atoms with Crippen LogP contribution in [0.4, 0.5) is 0 Å². The molecule has 3 unspecified atom stereocenters. The fourth-order valence-corrected chi connectivity index (χ4v) is 3.55. The second kappa shape index (κ2) is 4.08. The molecule has 2 saturated heterocycles. The zero-order valence-corrected chi connectivity index (χ0v) is 10.9. The predicted molar refractivity (Wildman–Crippen MR) is 65.9 cm³/mol. The molecule has 3 atom stereocenters.